The van der Waals surface area contributed by atoms with Crippen LogP contribution >= 0.6 is 11.3 Å². The molecule has 0 aliphatic rings. The molecule has 2 amide bonds. The normalized spacial score (nSPS) is 11.9. The van der Waals surface area contributed by atoms with Crippen LogP contribution in [0, 0.1) is 6.92 Å². The SMILES string of the molecule is CC[C@H](NC(=O)Nc1ccc(-n2cnnn2)c(C)c1)c1nccs1. The van der Waals surface area contributed by atoms with E-state index in [1.165, 1.54) is 17.7 Å². The van der Waals surface area contributed by atoms with E-state index in [0.717, 1.165) is 22.7 Å². The minimum absolute atomic E-state index is 0.0911. The lowest BCUT2D eigenvalue weighted by Crippen LogP contribution is -2.32. The average molecular weight is 343 g/mol. The number of thiazole rings is 1. The molecule has 24 heavy (non-hydrogen) atoms. The maximum atomic E-state index is 12.2. The van der Waals surface area contributed by atoms with Gasteiger partial charge in [0.2, 0.25) is 0 Å². The Morgan fingerprint density at radius 2 is 2.29 bits per heavy atom. The number of carbonyl (C=O) groups is 1. The van der Waals surface area contributed by atoms with Crippen molar-refractivity contribution in [1.29, 1.82) is 0 Å². The number of hydrogen-bond donors (Lipinski definition) is 2. The van der Waals surface area contributed by atoms with Gasteiger partial charge in [0.1, 0.15) is 11.3 Å². The third-order valence-corrected chi connectivity index (χ3v) is 4.40. The molecule has 0 bridgehead atoms. The van der Waals surface area contributed by atoms with Crippen LogP contribution in [0.5, 0.6) is 0 Å². The predicted octanol–water partition coefficient (Wildman–Crippen LogP) is 2.70. The van der Waals surface area contributed by atoms with Gasteiger partial charge in [0, 0.05) is 17.3 Å². The van der Waals surface area contributed by atoms with Crippen molar-refractivity contribution < 1.29 is 4.79 Å². The topological polar surface area (TPSA) is 97.6 Å². The number of rotatable bonds is 5. The number of nitrogens with zero attached hydrogens (tertiary/aromatic N) is 5. The molecule has 9 heteroatoms. The summed E-state index contributed by atoms with van der Waals surface area (Å²) in [7, 11) is 0. The van der Waals surface area contributed by atoms with Crippen molar-refractivity contribution in [1.82, 2.24) is 30.5 Å². The largest absolute Gasteiger partial charge is 0.329 e. The quantitative estimate of drug-likeness (QED) is 0.742. The number of anilines is 1. The Balaban J connectivity index is 1.67. The van der Waals surface area contributed by atoms with Crippen molar-refractivity contribution in [3.05, 3.63) is 46.7 Å². The van der Waals surface area contributed by atoms with Crippen molar-refractivity contribution in [3.8, 4) is 5.69 Å². The van der Waals surface area contributed by atoms with Crippen molar-refractivity contribution in [2.45, 2.75) is 26.3 Å². The van der Waals surface area contributed by atoms with E-state index in [-0.39, 0.29) is 12.1 Å². The summed E-state index contributed by atoms with van der Waals surface area (Å²) in [5, 5.41) is 19.7. The summed E-state index contributed by atoms with van der Waals surface area (Å²) >= 11 is 1.53. The van der Waals surface area contributed by atoms with Crippen LogP contribution in [0.4, 0.5) is 10.5 Å². The van der Waals surface area contributed by atoms with Crippen molar-refractivity contribution in [2.75, 3.05) is 5.32 Å². The van der Waals surface area contributed by atoms with Crippen LogP contribution in [-0.4, -0.2) is 31.2 Å². The molecular formula is C15H17N7OS. The molecule has 0 unspecified atom stereocenters. The molecule has 124 valence electrons. The van der Waals surface area contributed by atoms with E-state index in [4.69, 9.17) is 0 Å². The van der Waals surface area contributed by atoms with Crippen LogP contribution in [0.3, 0.4) is 0 Å². The zero-order chi connectivity index (χ0) is 16.9. The minimum atomic E-state index is -0.258. The first-order valence-electron chi connectivity index (χ1n) is 7.48. The molecule has 3 rings (SSSR count). The zero-order valence-electron chi connectivity index (χ0n) is 13.3. The number of aryl methyl sites for hydroxylation is 1. The van der Waals surface area contributed by atoms with Gasteiger partial charge in [0.25, 0.3) is 0 Å². The minimum Gasteiger partial charge on any atom is -0.329 e. The third kappa shape index (κ3) is 3.57. The maximum Gasteiger partial charge on any atom is 0.319 e. The molecule has 0 aliphatic heterocycles. The second-order valence-electron chi connectivity index (χ2n) is 5.19. The Morgan fingerprint density at radius 3 is 2.92 bits per heavy atom. The standard InChI is InChI=1S/C15H17N7OS/c1-3-12(14-16-6-7-24-14)19-15(23)18-11-4-5-13(10(2)8-11)22-9-17-20-21-22/h4-9,12H,3H2,1-2H3,(H2,18,19,23)/t12-/m0/s1. The van der Waals surface area contributed by atoms with E-state index in [1.54, 1.807) is 10.9 Å². The lowest BCUT2D eigenvalue weighted by molar-refractivity contribution is 0.248. The fourth-order valence-corrected chi connectivity index (χ4v) is 3.11. The van der Waals surface area contributed by atoms with E-state index in [0.29, 0.717) is 5.69 Å². The van der Waals surface area contributed by atoms with E-state index >= 15 is 0 Å². The molecule has 1 aromatic carbocycles. The Labute approximate surface area is 142 Å². The number of nitrogens with one attached hydrogen (secondary N) is 2. The van der Waals surface area contributed by atoms with Crippen molar-refractivity contribution in [2.24, 2.45) is 0 Å². The van der Waals surface area contributed by atoms with Gasteiger partial charge in [0.05, 0.1) is 11.7 Å². The number of amides is 2. The van der Waals surface area contributed by atoms with E-state index in [9.17, 15) is 4.79 Å². The van der Waals surface area contributed by atoms with Gasteiger partial charge in [0.15, 0.2) is 0 Å². The summed E-state index contributed by atoms with van der Waals surface area (Å²) in [5.41, 5.74) is 2.52. The highest BCUT2D eigenvalue weighted by atomic mass is 32.1. The smallest absolute Gasteiger partial charge is 0.319 e. The summed E-state index contributed by atoms with van der Waals surface area (Å²) < 4.78 is 1.58. The van der Waals surface area contributed by atoms with Gasteiger partial charge in [-0.15, -0.1) is 16.4 Å². The summed E-state index contributed by atoms with van der Waals surface area (Å²) in [6.45, 7) is 3.95. The molecule has 1 atom stereocenters. The molecule has 0 fully saturated rings. The number of tetrazole rings is 1. The third-order valence-electron chi connectivity index (χ3n) is 3.51. The fraction of sp³-hybridized carbons (Fsp3) is 0.267. The van der Waals surface area contributed by atoms with Gasteiger partial charge in [-0.2, -0.15) is 0 Å². The highest BCUT2D eigenvalue weighted by Crippen LogP contribution is 2.20. The molecule has 2 aromatic heterocycles. The van der Waals surface area contributed by atoms with E-state index in [2.05, 4.69) is 31.1 Å². The van der Waals surface area contributed by atoms with Crippen LogP contribution in [0.1, 0.15) is 30.0 Å². The van der Waals surface area contributed by atoms with E-state index < -0.39 is 0 Å². The van der Waals surface area contributed by atoms with Gasteiger partial charge in [-0.05, 0) is 47.5 Å². The average Bonchev–Trinajstić information content (AvgIpc) is 3.26. The Hall–Kier alpha value is -2.81. The maximum absolute atomic E-state index is 12.2. The summed E-state index contributed by atoms with van der Waals surface area (Å²) in [4.78, 5) is 16.5. The van der Waals surface area contributed by atoms with Crippen LogP contribution in [0.2, 0.25) is 0 Å². The first-order valence-corrected chi connectivity index (χ1v) is 8.36. The summed E-state index contributed by atoms with van der Waals surface area (Å²) in [6, 6.07) is 5.20. The molecule has 0 radical (unpaired) electrons. The second-order valence-corrected chi connectivity index (χ2v) is 6.11. The lowest BCUT2D eigenvalue weighted by Gasteiger charge is -2.15. The number of urea groups is 1. The lowest BCUT2D eigenvalue weighted by atomic mass is 10.2. The van der Waals surface area contributed by atoms with Gasteiger partial charge >= 0.3 is 6.03 Å². The molecule has 0 aliphatic carbocycles. The zero-order valence-corrected chi connectivity index (χ0v) is 14.1. The summed E-state index contributed by atoms with van der Waals surface area (Å²) in [6.07, 6.45) is 4.05. The first-order chi connectivity index (χ1) is 11.7. The number of aromatic nitrogens is 5. The highest BCUT2D eigenvalue weighted by Gasteiger charge is 2.15. The van der Waals surface area contributed by atoms with Gasteiger partial charge in [-0.25, -0.2) is 14.5 Å². The first kappa shape index (κ1) is 16.1. The molecule has 0 spiro atoms. The number of benzene rings is 1. The van der Waals surface area contributed by atoms with Crippen LogP contribution in [0.25, 0.3) is 5.69 Å². The monoisotopic (exact) mass is 343 g/mol. The van der Waals surface area contributed by atoms with Crippen LogP contribution in [0.15, 0.2) is 36.1 Å². The highest BCUT2D eigenvalue weighted by molar-refractivity contribution is 7.09. The molecule has 0 saturated carbocycles. The molecule has 2 heterocycles. The van der Waals surface area contributed by atoms with Crippen LogP contribution < -0.4 is 10.6 Å². The van der Waals surface area contributed by atoms with Gasteiger partial charge in [-0.1, -0.05) is 6.92 Å². The second kappa shape index (κ2) is 7.18. The van der Waals surface area contributed by atoms with Crippen LogP contribution in [-0.2, 0) is 0 Å². The molecule has 2 N–H and O–H groups in total. The Kier molecular flexibility index (Phi) is 4.80. The Morgan fingerprint density at radius 1 is 1.42 bits per heavy atom. The predicted molar refractivity (Wildman–Crippen MR) is 91.2 cm³/mol. The van der Waals surface area contributed by atoms with Gasteiger partial charge < -0.3 is 10.6 Å². The molecule has 8 nitrogen and oxygen atoms in total. The number of carbonyl (C=O) groups excluding carboxylic acids is 1. The molecule has 0 saturated heterocycles. The fourth-order valence-electron chi connectivity index (χ4n) is 2.33. The van der Waals surface area contributed by atoms with Gasteiger partial charge in [-0.3, -0.25) is 0 Å². The van der Waals surface area contributed by atoms with Crippen molar-refractivity contribution in [3.63, 3.8) is 0 Å². The Bertz CT molecular complexity index is 801. The molecular weight excluding hydrogens is 326 g/mol. The van der Waals surface area contributed by atoms with Crippen molar-refractivity contribution >= 4 is 23.1 Å². The molecule has 3 aromatic rings. The number of hydrogen-bond acceptors (Lipinski definition) is 6. The van der Waals surface area contributed by atoms with E-state index in [1.807, 2.05) is 37.4 Å². The summed E-state index contributed by atoms with van der Waals surface area (Å²) in [5.74, 6) is 0.